The van der Waals surface area contributed by atoms with Crippen molar-refractivity contribution in [1.29, 1.82) is 5.26 Å². The molecule has 1 aromatic heterocycles. The van der Waals surface area contributed by atoms with Crippen LogP contribution in [0.3, 0.4) is 0 Å². The van der Waals surface area contributed by atoms with Crippen LogP contribution in [0.25, 0.3) is 10.9 Å². The molecule has 1 fully saturated rings. The van der Waals surface area contributed by atoms with Crippen molar-refractivity contribution >= 4 is 16.7 Å². The summed E-state index contributed by atoms with van der Waals surface area (Å²) in [6.07, 6.45) is 6.65. The number of hydrogen-bond donors (Lipinski definition) is 1. The number of aromatic nitrogens is 1. The first-order valence-corrected chi connectivity index (χ1v) is 7.40. The second kappa shape index (κ2) is 5.92. The largest absolute Gasteiger partial charge is 0.369 e. The minimum absolute atomic E-state index is 0.634. The van der Waals surface area contributed by atoms with Crippen molar-refractivity contribution in [3.63, 3.8) is 0 Å². The van der Waals surface area contributed by atoms with E-state index in [0.29, 0.717) is 5.56 Å². The Morgan fingerprint density at radius 3 is 2.85 bits per heavy atom. The predicted molar refractivity (Wildman–Crippen MR) is 81.5 cm³/mol. The van der Waals surface area contributed by atoms with Crippen LogP contribution in [0.1, 0.15) is 37.7 Å². The monoisotopic (exact) mass is 265 g/mol. The number of hydrogen-bond acceptors (Lipinski definition) is 3. The van der Waals surface area contributed by atoms with Crippen molar-refractivity contribution in [3.05, 3.63) is 35.9 Å². The maximum atomic E-state index is 9.26. The molecule has 0 bridgehead atoms. The number of nitrogens with one attached hydrogen (secondary N) is 1. The molecule has 0 radical (unpaired) electrons. The van der Waals surface area contributed by atoms with Gasteiger partial charge in [-0.2, -0.15) is 5.26 Å². The van der Waals surface area contributed by atoms with Crippen LogP contribution in [0, 0.1) is 17.2 Å². The summed E-state index contributed by atoms with van der Waals surface area (Å²) in [5.41, 5.74) is 1.57. The fraction of sp³-hybridized carbons (Fsp3) is 0.412. The Morgan fingerprint density at radius 1 is 1.25 bits per heavy atom. The van der Waals surface area contributed by atoms with Crippen LogP contribution in [0.15, 0.2) is 30.3 Å². The highest BCUT2D eigenvalue weighted by molar-refractivity contribution is 5.82. The summed E-state index contributed by atoms with van der Waals surface area (Å²) in [6.45, 7) is 0.907. The van der Waals surface area contributed by atoms with Gasteiger partial charge in [0.1, 0.15) is 11.9 Å². The summed E-state index contributed by atoms with van der Waals surface area (Å²) in [5, 5.41) is 13.6. The Kier molecular flexibility index (Phi) is 3.83. The van der Waals surface area contributed by atoms with Crippen molar-refractivity contribution in [2.45, 2.75) is 32.1 Å². The molecular formula is C17H19N3. The smallest absolute Gasteiger partial charge is 0.144 e. The Bertz CT molecular complexity index is 636. The van der Waals surface area contributed by atoms with Crippen molar-refractivity contribution in [2.24, 2.45) is 5.92 Å². The van der Waals surface area contributed by atoms with Crippen molar-refractivity contribution in [1.82, 2.24) is 4.98 Å². The third kappa shape index (κ3) is 2.75. The molecule has 102 valence electrons. The van der Waals surface area contributed by atoms with Gasteiger partial charge in [-0.3, -0.25) is 0 Å². The van der Waals surface area contributed by atoms with Gasteiger partial charge in [0.15, 0.2) is 0 Å². The molecule has 3 heteroatoms. The van der Waals surface area contributed by atoms with Crippen molar-refractivity contribution in [2.75, 3.05) is 11.9 Å². The van der Waals surface area contributed by atoms with Gasteiger partial charge in [0.05, 0.1) is 11.1 Å². The predicted octanol–water partition coefficient (Wildman–Crippen LogP) is 4.10. The molecule has 1 saturated carbocycles. The average Bonchev–Trinajstić information content (AvgIpc) is 3.00. The Morgan fingerprint density at radius 2 is 2.05 bits per heavy atom. The highest BCUT2D eigenvalue weighted by Crippen LogP contribution is 2.27. The first-order chi connectivity index (χ1) is 9.86. The number of nitriles is 1. The van der Waals surface area contributed by atoms with Crippen molar-refractivity contribution in [3.8, 4) is 6.07 Å². The van der Waals surface area contributed by atoms with E-state index in [4.69, 9.17) is 0 Å². The summed E-state index contributed by atoms with van der Waals surface area (Å²) in [4.78, 5) is 4.58. The van der Waals surface area contributed by atoms with E-state index in [-0.39, 0.29) is 0 Å². The molecular weight excluding hydrogens is 246 g/mol. The van der Waals surface area contributed by atoms with Crippen LogP contribution in [0.5, 0.6) is 0 Å². The number of para-hydroxylation sites is 1. The molecule has 1 heterocycles. The van der Waals surface area contributed by atoms with E-state index in [1.165, 1.54) is 32.1 Å². The molecule has 3 rings (SSSR count). The van der Waals surface area contributed by atoms with Crippen LogP contribution >= 0.6 is 0 Å². The van der Waals surface area contributed by atoms with Gasteiger partial charge >= 0.3 is 0 Å². The van der Waals surface area contributed by atoms with Gasteiger partial charge in [-0.15, -0.1) is 0 Å². The van der Waals surface area contributed by atoms with E-state index < -0.39 is 0 Å². The van der Waals surface area contributed by atoms with Crippen LogP contribution in [-0.2, 0) is 0 Å². The van der Waals surface area contributed by atoms with Crippen LogP contribution in [0.4, 0.5) is 5.82 Å². The van der Waals surface area contributed by atoms with Gasteiger partial charge in [0.2, 0.25) is 0 Å². The van der Waals surface area contributed by atoms with Gasteiger partial charge in [-0.1, -0.05) is 43.9 Å². The average molecular weight is 265 g/mol. The van der Waals surface area contributed by atoms with Gasteiger partial charge in [-0.25, -0.2) is 4.98 Å². The molecule has 2 aromatic rings. The SMILES string of the molecule is N#Cc1cc2ccccc2nc1NCCC1CCCC1. The summed E-state index contributed by atoms with van der Waals surface area (Å²) < 4.78 is 0. The number of nitrogens with zero attached hydrogens (tertiary/aromatic N) is 2. The lowest BCUT2D eigenvalue weighted by Gasteiger charge is -2.11. The standard InChI is InChI=1S/C17H19N3/c18-12-15-11-14-7-3-4-8-16(14)20-17(15)19-10-9-13-5-1-2-6-13/h3-4,7-8,11,13H,1-2,5-6,9-10H2,(H,19,20). The zero-order chi connectivity index (χ0) is 13.8. The van der Waals surface area contributed by atoms with Gasteiger partial charge < -0.3 is 5.32 Å². The van der Waals surface area contributed by atoms with Gasteiger partial charge in [-0.05, 0) is 24.5 Å². The number of benzene rings is 1. The molecule has 0 spiro atoms. The first kappa shape index (κ1) is 12.9. The fourth-order valence-electron chi connectivity index (χ4n) is 3.03. The molecule has 0 aliphatic heterocycles. The molecule has 1 aromatic carbocycles. The Balaban J connectivity index is 1.74. The summed E-state index contributed by atoms with van der Waals surface area (Å²) >= 11 is 0. The maximum Gasteiger partial charge on any atom is 0.144 e. The highest BCUT2D eigenvalue weighted by Gasteiger charge is 2.14. The molecule has 1 aliphatic rings. The number of pyridine rings is 1. The summed E-state index contributed by atoms with van der Waals surface area (Å²) in [6, 6.07) is 12.1. The van der Waals surface area contributed by atoms with E-state index in [1.807, 2.05) is 30.3 Å². The van der Waals surface area contributed by atoms with E-state index in [9.17, 15) is 5.26 Å². The van der Waals surface area contributed by atoms with E-state index in [0.717, 1.165) is 29.2 Å². The zero-order valence-corrected chi connectivity index (χ0v) is 11.6. The lowest BCUT2D eigenvalue weighted by Crippen LogP contribution is -2.09. The fourth-order valence-corrected chi connectivity index (χ4v) is 3.03. The van der Waals surface area contributed by atoms with Gasteiger partial charge in [0.25, 0.3) is 0 Å². The second-order valence-corrected chi connectivity index (χ2v) is 5.55. The van der Waals surface area contributed by atoms with Crippen LogP contribution < -0.4 is 5.32 Å². The molecule has 20 heavy (non-hydrogen) atoms. The van der Waals surface area contributed by atoms with E-state index in [2.05, 4.69) is 16.4 Å². The molecule has 0 atom stereocenters. The molecule has 0 amide bonds. The van der Waals surface area contributed by atoms with Crippen LogP contribution in [-0.4, -0.2) is 11.5 Å². The quantitative estimate of drug-likeness (QED) is 0.905. The van der Waals surface area contributed by atoms with Crippen LogP contribution in [0.2, 0.25) is 0 Å². The third-order valence-electron chi connectivity index (χ3n) is 4.16. The number of anilines is 1. The molecule has 1 N–H and O–H groups in total. The normalized spacial score (nSPS) is 15.3. The molecule has 0 unspecified atom stereocenters. The highest BCUT2D eigenvalue weighted by atomic mass is 15.0. The molecule has 3 nitrogen and oxygen atoms in total. The second-order valence-electron chi connectivity index (χ2n) is 5.55. The summed E-state index contributed by atoms with van der Waals surface area (Å²) in [5.74, 6) is 1.58. The Labute approximate surface area is 119 Å². The van der Waals surface area contributed by atoms with E-state index in [1.54, 1.807) is 0 Å². The topological polar surface area (TPSA) is 48.7 Å². The summed E-state index contributed by atoms with van der Waals surface area (Å²) in [7, 11) is 0. The minimum atomic E-state index is 0.634. The zero-order valence-electron chi connectivity index (χ0n) is 11.6. The molecule has 0 saturated heterocycles. The van der Waals surface area contributed by atoms with E-state index >= 15 is 0 Å². The first-order valence-electron chi connectivity index (χ1n) is 7.40. The Hall–Kier alpha value is -2.08. The van der Waals surface area contributed by atoms with Gasteiger partial charge in [0, 0.05) is 11.9 Å². The lowest BCUT2D eigenvalue weighted by molar-refractivity contribution is 0.518. The number of fused-ring (bicyclic) bond motifs is 1. The maximum absolute atomic E-state index is 9.26. The van der Waals surface area contributed by atoms with Crippen molar-refractivity contribution < 1.29 is 0 Å². The molecule has 1 aliphatic carbocycles. The number of rotatable bonds is 4. The third-order valence-corrected chi connectivity index (χ3v) is 4.16. The minimum Gasteiger partial charge on any atom is -0.369 e. The lowest BCUT2D eigenvalue weighted by atomic mass is 10.0.